The van der Waals surface area contributed by atoms with Crippen molar-refractivity contribution < 1.29 is 27.9 Å². The molecule has 3 saturated heterocycles. The second-order valence-corrected chi connectivity index (χ2v) is 15.4. The third-order valence-corrected chi connectivity index (χ3v) is 8.96. The number of amides is 2. The monoisotopic (exact) mass is 674 g/mol. The molecule has 14 nitrogen and oxygen atoms in total. The molecule has 2 aromatic heterocycles. The lowest BCUT2D eigenvalue weighted by atomic mass is 9.98. The van der Waals surface area contributed by atoms with E-state index in [4.69, 9.17) is 26.4 Å². The molecule has 6 rings (SSSR count). The fraction of sp³-hybridized carbons (Fsp3) is 0.533. The van der Waals surface area contributed by atoms with Crippen molar-refractivity contribution in [3.05, 3.63) is 46.6 Å². The van der Waals surface area contributed by atoms with E-state index in [-0.39, 0.29) is 29.2 Å². The predicted octanol–water partition coefficient (Wildman–Crippen LogP) is 3.02. The Balaban J connectivity index is 1.30. The van der Waals surface area contributed by atoms with Crippen molar-refractivity contribution in [1.29, 1.82) is 0 Å². The molecule has 0 saturated carbocycles. The van der Waals surface area contributed by atoms with Crippen LogP contribution in [0.5, 0.6) is 0 Å². The number of carbonyl (C=O) groups excluding carboxylic acids is 2. The number of β-amino-alcohol motifs (C(OH)–C–C–N with tert-alkyl or cyclic N) is 1. The molecule has 0 aliphatic carbocycles. The Morgan fingerprint density at radius 2 is 1.80 bits per heavy atom. The number of aliphatic hydroxyl groups is 1. The van der Waals surface area contributed by atoms with Crippen LogP contribution < -0.4 is 19.8 Å². The smallest absolute Gasteiger partial charge is 0.407 e. The zero-order valence-electron chi connectivity index (χ0n) is 26.2. The highest BCUT2D eigenvalue weighted by Gasteiger charge is 2.36. The van der Waals surface area contributed by atoms with Crippen molar-refractivity contribution in [3.63, 3.8) is 0 Å². The quantitative estimate of drug-likeness (QED) is 0.340. The number of anilines is 3. The van der Waals surface area contributed by atoms with Gasteiger partial charge in [0.25, 0.3) is 5.91 Å². The molecule has 0 radical (unpaired) electrons. The number of ether oxygens (including phenoxy) is 1. The van der Waals surface area contributed by atoms with Gasteiger partial charge < -0.3 is 29.9 Å². The number of nitrogens with zero attached hydrogens (tertiary/aromatic N) is 6. The highest BCUT2D eigenvalue weighted by molar-refractivity contribution is 7.92. The number of nitrogens with one attached hydrogen (secondary N) is 2. The third kappa shape index (κ3) is 6.95. The number of hydrogen-bond donors (Lipinski definition) is 3. The van der Waals surface area contributed by atoms with Gasteiger partial charge in [-0.25, -0.2) is 18.2 Å². The van der Waals surface area contributed by atoms with E-state index in [0.717, 1.165) is 24.9 Å². The minimum Gasteiger partial charge on any atom is -0.444 e. The Bertz CT molecular complexity index is 1760. The van der Waals surface area contributed by atoms with Crippen LogP contribution in [0.25, 0.3) is 5.65 Å². The molecule has 0 spiro atoms. The van der Waals surface area contributed by atoms with Gasteiger partial charge in [0.2, 0.25) is 10.0 Å². The van der Waals surface area contributed by atoms with Crippen LogP contribution in [-0.2, 0) is 14.8 Å². The number of piperidine rings is 1. The summed E-state index contributed by atoms with van der Waals surface area (Å²) in [6.45, 7) is 7.93. The van der Waals surface area contributed by atoms with E-state index >= 15 is 0 Å². The summed E-state index contributed by atoms with van der Waals surface area (Å²) in [4.78, 5) is 37.0. The van der Waals surface area contributed by atoms with Crippen molar-refractivity contribution >= 4 is 56.6 Å². The average molecular weight is 675 g/mol. The standard InChI is InChI=1S/C30H39ClN8O6S/c1-30(2,3)45-29(42)32-19-14-37(15-19)27-13-25(36-16-20(40)17-36)33-26-12-23(34-39(26)27)24-7-5-6-10-38(24)28(41)21-11-18(31)8-9-22(21)35-46(4,43)44/h8-9,11-13,19-20,24,35,40H,5-7,10,14-17H2,1-4H3,(H,32,42)/t24-/m0/s1. The van der Waals surface area contributed by atoms with Crippen molar-refractivity contribution in [3.8, 4) is 0 Å². The Morgan fingerprint density at radius 3 is 2.48 bits per heavy atom. The van der Waals surface area contributed by atoms with E-state index in [9.17, 15) is 23.1 Å². The molecule has 3 aliphatic heterocycles. The van der Waals surface area contributed by atoms with E-state index in [1.54, 1.807) is 9.42 Å². The number of carbonyl (C=O) groups is 2. The largest absolute Gasteiger partial charge is 0.444 e. The third-order valence-electron chi connectivity index (χ3n) is 8.14. The van der Waals surface area contributed by atoms with Gasteiger partial charge in [-0.15, -0.1) is 0 Å². The number of aliphatic hydroxyl groups excluding tert-OH is 1. The zero-order valence-corrected chi connectivity index (χ0v) is 27.8. The van der Waals surface area contributed by atoms with E-state index < -0.39 is 27.8 Å². The molecule has 0 unspecified atom stereocenters. The lowest BCUT2D eigenvalue weighted by molar-refractivity contribution is 0.0495. The molecule has 2 amide bonds. The second-order valence-electron chi connectivity index (χ2n) is 13.2. The molecule has 46 heavy (non-hydrogen) atoms. The first-order valence-corrected chi connectivity index (χ1v) is 17.6. The molecular formula is C30H39ClN8O6S. The minimum atomic E-state index is -3.64. The second kappa shape index (κ2) is 12.1. The van der Waals surface area contributed by atoms with Crippen molar-refractivity contribution in [2.45, 2.75) is 63.8 Å². The van der Waals surface area contributed by atoms with E-state index in [0.29, 0.717) is 61.3 Å². The maximum atomic E-state index is 14.0. The molecule has 5 heterocycles. The Labute approximate surface area is 272 Å². The molecule has 3 aromatic rings. The SMILES string of the molecule is CC(C)(C)OC(=O)NC1CN(c2cc(N3CC(O)C3)nc3cc([C@@H]4CCCCN4C(=O)c4cc(Cl)ccc4NS(C)(=O)=O)nn23)C1. The average Bonchev–Trinajstić information content (AvgIpc) is 3.36. The van der Waals surface area contributed by atoms with Gasteiger partial charge in [-0.3, -0.25) is 9.52 Å². The number of aromatic nitrogens is 3. The fourth-order valence-electron chi connectivity index (χ4n) is 6.01. The van der Waals surface area contributed by atoms with Crippen LogP contribution in [0.1, 0.15) is 62.1 Å². The summed E-state index contributed by atoms with van der Waals surface area (Å²) in [5.41, 5.74) is 0.975. The normalized spacial score (nSPS) is 19.5. The summed E-state index contributed by atoms with van der Waals surface area (Å²) in [5.74, 6) is 1.13. The highest BCUT2D eigenvalue weighted by Crippen LogP contribution is 2.36. The summed E-state index contributed by atoms with van der Waals surface area (Å²) in [7, 11) is -3.64. The Hall–Kier alpha value is -3.82. The molecule has 3 N–H and O–H groups in total. The van der Waals surface area contributed by atoms with Gasteiger partial charge >= 0.3 is 6.09 Å². The number of hydrogen-bond acceptors (Lipinski definition) is 10. The van der Waals surface area contributed by atoms with Crippen molar-refractivity contribution in [1.82, 2.24) is 24.8 Å². The lowest BCUT2D eigenvalue weighted by Crippen LogP contribution is -2.60. The van der Waals surface area contributed by atoms with Crippen molar-refractivity contribution in [2.75, 3.05) is 53.5 Å². The number of sulfonamides is 1. The van der Waals surface area contributed by atoms with E-state index in [1.165, 1.54) is 18.2 Å². The van der Waals surface area contributed by atoms with Gasteiger partial charge in [-0.05, 0) is 58.2 Å². The summed E-state index contributed by atoms with van der Waals surface area (Å²) >= 11 is 6.25. The van der Waals surface area contributed by atoms with Crippen LogP contribution in [0, 0.1) is 0 Å². The molecule has 3 aliphatic rings. The van der Waals surface area contributed by atoms with Crippen molar-refractivity contribution in [2.24, 2.45) is 0 Å². The number of alkyl carbamates (subject to hydrolysis) is 1. The summed E-state index contributed by atoms with van der Waals surface area (Å²) in [6.07, 6.45) is 2.49. The number of halogens is 1. The van der Waals surface area contributed by atoms with Crippen LogP contribution in [0.15, 0.2) is 30.3 Å². The first kappa shape index (κ1) is 32.1. The van der Waals surface area contributed by atoms with E-state index in [2.05, 4.69) is 14.9 Å². The predicted molar refractivity (Wildman–Crippen MR) is 174 cm³/mol. The maximum Gasteiger partial charge on any atom is 0.407 e. The van der Waals surface area contributed by atoms with Crippen LogP contribution >= 0.6 is 11.6 Å². The van der Waals surface area contributed by atoms with Crippen LogP contribution in [0.3, 0.4) is 0 Å². The highest BCUT2D eigenvalue weighted by atomic mass is 35.5. The Kier molecular flexibility index (Phi) is 8.44. The van der Waals surface area contributed by atoms with Gasteiger partial charge in [0.05, 0.1) is 41.4 Å². The van der Waals surface area contributed by atoms with Crippen LogP contribution in [-0.4, -0.2) is 102 Å². The number of rotatable bonds is 7. The summed E-state index contributed by atoms with van der Waals surface area (Å²) in [6, 6.07) is 7.82. The first-order chi connectivity index (χ1) is 21.6. The number of fused-ring (bicyclic) bond motifs is 1. The van der Waals surface area contributed by atoms with Gasteiger partial charge in [0, 0.05) is 49.9 Å². The fourth-order valence-corrected chi connectivity index (χ4v) is 6.76. The maximum absolute atomic E-state index is 14.0. The summed E-state index contributed by atoms with van der Waals surface area (Å²) in [5, 5.41) is 18.1. The first-order valence-electron chi connectivity index (χ1n) is 15.3. The van der Waals surface area contributed by atoms with Gasteiger partial charge in [0.15, 0.2) is 5.65 Å². The number of benzene rings is 1. The molecule has 16 heteroatoms. The molecule has 0 bridgehead atoms. The minimum absolute atomic E-state index is 0.110. The number of likely N-dealkylation sites (tertiary alicyclic amines) is 1. The molecule has 248 valence electrons. The molecule has 3 fully saturated rings. The molecule has 1 atom stereocenters. The van der Waals surface area contributed by atoms with Gasteiger partial charge in [0.1, 0.15) is 17.2 Å². The zero-order chi connectivity index (χ0) is 33.0. The topological polar surface area (TPSA) is 162 Å². The summed E-state index contributed by atoms with van der Waals surface area (Å²) < 4.78 is 33.7. The van der Waals surface area contributed by atoms with E-state index in [1.807, 2.05) is 37.8 Å². The molecule has 1 aromatic carbocycles. The van der Waals surface area contributed by atoms with Crippen LogP contribution in [0.2, 0.25) is 5.02 Å². The van der Waals surface area contributed by atoms with Crippen LogP contribution in [0.4, 0.5) is 22.1 Å². The Morgan fingerprint density at radius 1 is 1.07 bits per heavy atom. The van der Waals surface area contributed by atoms with Gasteiger partial charge in [-0.2, -0.15) is 9.61 Å². The lowest BCUT2D eigenvalue weighted by Gasteiger charge is -2.42. The van der Waals surface area contributed by atoms with Gasteiger partial charge in [-0.1, -0.05) is 11.6 Å². The molecular weight excluding hydrogens is 636 g/mol.